The Morgan fingerprint density at radius 2 is 2.15 bits per heavy atom. The van der Waals surface area contributed by atoms with Crippen molar-refractivity contribution in [1.82, 2.24) is 15.3 Å². The molecule has 2 rings (SSSR count). The second-order valence-corrected chi connectivity index (χ2v) is 6.29. The lowest BCUT2D eigenvalue weighted by Gasteiger charge is -2.28. The summed E-state index contributed by atoms with van der Waals surface area (Å²) < 4.78 is 0. The predicted molar refractivity (Wildman–Crippen MR) is 83.9 cm³/mol. The molecule has 1 aliphatic heterocycles. The first-order chi connectivity index (χ1) is 9.66. The van der Waals surface area contributed by atoms with Crippen molar-refractivity contribution in [1.29, 1.82) is 0 Å². The highest BCUT2D eigenvalue weighted by Crippen LogP contribution is 2.21. The average Bonchev–Trinajstić information content (AvgIpc) is 2.63. The van der Waals surface area contributed by atoms with E-state index >= 15 is 0 Å². The van der Waals surface area contributed by atoms with E-state index in [2.05, 4.69) is 36.0 Å². The van der Waals surface area contributed by atoms with E-state index in [9.17, 15) is 0 Å². The Labute approximate surface area is 123 Å². The fourth-order valence-corrected chi connectivity index (χ4v) is 2.72. The molecule has 0 saturated carbocycles. The molecule has 4 nitrogen and oxygen atoms in total. The normalized spacial score (nSPS) is 20.2. The van der Waals surface area contributed by atoms with Gasteiger partial charge < -0.3 is 10.2 Å². The zero-order chi connectivity index (χ0) is 14.4. The maximum absolute atomic E-state index is 4.79. The maximum atomic E-state index is 4.79. The fraction of sp³-hybridized carbons (Fsp3) is 0.750. The highest BCUT2D eigenvalue weighted by Gasteiger charge is 2.18. The van der Waals surface area contributed by atoms with E-state index in [1.54, 1.807) is 0 Å². The Morgan fingerprint density at radius 1 is 1.30 bits per heavy atom. The van der Waals surface area contributed by atoms with Crippen molar-refractivity contribution in [3.05, 3.63) is 18.1 Å². The Morgan fingerprint density at radius 3 is 2.95 bits per heavy atom. The van der Waals surface area contributed by atoms with E-state index in [-0.39, 0.29) is 0 Å². The lowest BCUT2D eigenvalue weighted by Crippen LogP contribution is -2.33. The first-order valence-corrected chi connectivity index (χ1v) is 7.95. The van der Waals surface area contributed by atoms with Crippen LogP contribution in [0.3, 0.4) is 0 Å². The molecule has 20 heavy (non-hydrogen) atoms. The van der Waals surface area contributed by atoms with Crippen molar-refractivity contribution in [3.63, 3.8) is 0 Å². The molecule has 0 aromatic carbocycles. The van der Waals surface area contributed by atoms with Crippen LogP contribution in [0, 0.1) is 5.92 Å². The monoisotopic (exact) mass is 276 g/mol. The summed E-state index contributed by atoms with van der Waals surface area (Å²) in [5.41, 5.74) is 1.04. The van der Waals surface area contributed by atoms with Crippen LogP contribution in [0.1, 0.15) is 52.1 Å². The lowest BCUT2D eigenvalue weighted by atomic mass is 10.1. The largest absolute Gasteiger partial charge is 0.353 e. The van der Waals surface area contributed by atoms with Crippen molar-refractivity contribution in [3.8, 4) is 0 Å². The van der Waals surface area contributed by atoms with Crippen molar-refractivity contribution in [2.24, 2.45) is 5.92 Å². The van der Waals surface area contributed by atoms with E-state index in [0.29, 0.717) is 12.0 Å². The van der Waals surface area contributed by atoms with Gasteiger partial charge in [-0.05, 0) is 32.2 Å². The number of nitrogens with zero attached hydrogens (tertiary/aromatic N) is 3. The highest BCUT2D eigenvalue weighted by atomic mass is 15.2. The van der Waals surface area contributed by atoms with Gasteiger partial charge in [0.2, 0.25) is 0 Å². The molecule has 1 unspecified atom stereocenters. The quantitative estimate of drug-likeness (QED) is 0.897. The summed E-state index contributed by atoms with van der Waals surface area (Å²) in [6, 6.07) is 0.575. The third-order valence-corrected chi connectivity index (χ3v) is 3.88. The molecule has 1 aromatic heterocycles. The Hall–Kier alpha value is -1.16. The Kier molecular flexibility index (Phi) is 5.77. The van der Waals surface area contributed by atoms with Crippen LogP contribution in [0.4, 0.5) is 5.82 Å². The third kappa shape index (κ3) is 4.44. The molecule has 1 aromatic rings. The van der Waals surface area contributed by atoms with Gasteiger partial charge in [0, 0.05) is 25.3 Å². The van der Waals surface area contributed by atoms with Gasteiger partial charge in [-0.3, -0.25) is 4.98 Å². The third-order valence-electron chi connectivity index (χ3n) is 3.88. The first-order valence-electron chi connectivity index (χ1n) is 7.95. The summed E-state index contributed by atoms with van der Waals surface area (Å²) in [6.45, 7) is 9.67. The van der Waals surface area contributed by atoms with E-state index in [4.69, 9.17) is 4.98 Å². The molecule has 112 valence electrons. The van der Waals surface area contributed by atoms with Gasteiger partial charge in [0.25, 0.3) is 0 Å². The molecule has 1 saturated heterocycles. The number of aromatic nitrogens is 2. The van der Waals surface area contributed by atoms with E-state index in [1.807, 2.05) is 12.4 Å². The van der Waals surface area contributed by atoms with Crippen LogP contribution < -0.4 is 10.2 Å². The van der Waals surface area contributed by atoms with Gasteiger partial charge in [-0.1, -0.05) is 26.7 Å². The molecule has 1 aliphatic rings. The van der Waals surface area contributed by atoms with Gasteiger partial charge in [-0.15, -0.1) is 0 Å². The van der Waals surface area contributed by atoms with Crippen LogP contribution in [0.2, 0.25) is 0 Å². The minimum absolute atomic E-state index is 0.575. The zero-order valence-corrected chi connectivity index (χ0v) is 13.1. The smallest absolute Gasteiger partial charge is 0.147 e. The molecule has 1 N–H and O–H groups in total. The molecule has 0 spiro atoms. The minimum Gasteiger partial charge on any atom is -0.353 e. The molecular formula is C16H28N4. The molecule has 0 amide bonds. The van der Waals surface area contributed by atoms with Crippen molar-refractivity contribution >= 4 is 5.82 Å². The molecule has 0 radical (unpaired) electrons. The topological polar surface area (TPSA) is 41.1 Å². The van der Waals surface area contributed by atoms with E-state index in [0.717, 1.165) is 31.1 Å². The SMILES string of the molecule is CC(C)CNCc1cncc(N2CCCCCC2C)n1. The van der Waals surface area contributed by atoms with Crippen molar-refractivity contribution in [2.45, 2.75) is 59.0 Å². The molecule has 2 heterocycles. The fourth-order valence-electron chi connectivity index (χ4n) is 2.72. The van der Waals surface area contributed by atoms with Gasteiger partial charge >= 0.3 is 0 Å². The number of hydrogen-bond donors (Lipinski definition) is 1. The Bertz CT molecular complexity index is 405. The summed E-state index contributed by atoms with van der Waals surface area (Å²) in [5, 5.41) is 3.43. The minimum atomic E-state index is 0.575. The summed E-state index contributed by atoms with van der Waals surface area (Å²) in [6.07, 6.45) is 8.98. The summed E-state index contributed by atoms with van der Waals surface area (Å²) in [7, 11) is 0. The van der Waals surface area contributed by atoms with Crippen LogP contribution in [-0.4, -0.2) is 29.1 Å². The van der Waals surface area contributed by atoms with Crippen LogP contribution in [0.5, 0.6) is 0 Å². The average molecular weight is 276 g/mol. The van der Waals surface area contributed by atoms with Crippen molar-refractivity contribution in [2.75, 3.05) is 18.0 Å². The predicted octanol–water partition coefficient (Wildman–Crippen LogP) is 2.99. The summed E-state index contributed by atoms with van der Waals surface area (Å²) >= 11 is 0. The van der Waals surface area contributed by atoms with Crippen LogP contribution >= 0.6 is 0 Å². The summed E-state index contributed by atoms with van der Waals surface area (Å²) in [5.74, 6) is 1.71. The van der Waals surface area contributed by atoms with Gasteiger partial charge in [0.1, 0.15) is 5.82 Å². The first kappa shape index (κ1) is 15.2. The van der Waals surface area contributed by atoms with E-state index < -0.39 is 0 Å². The number of nitrogens with one attached hydrogen (secondary N) is 1. The number of rotatable bonds is 5. The molecule has 0 aliphatic carbocycles. The molecule has 4 heteroatoms. The lowest BCUT2D eigenvalue weighted by molar-refractivity contribution is 0.546. The maximum Gasteiger partial charge on any atom is 0.147 e. The highest BCUT2D eigenvalue weighted by molar-refractivity contribution is 5.37. The second kappa shape index (κ2) is 7.58. The van der Waals surface area contributed by atoms with Gasteiger partial charge in [-0.25, -0.2) is 4.98 Å². The molecule has 1 fully saturated rings. The van der Waals surface area contributed by atoms with Crippen LogP contribution in [0.15, 0.2) is 12.4 Å². The van der Waals surface area contributed by atoms with Crippen LogP contribution in [-0.2, 0) is 6.54 Å². The summed E-state index contributed by atoms with van der Waals surface area (Å²) in [4.78, 5) is 11.6. The number of hydrogen-bond acceptors (Lipinski definition) is 4. The van der Waals surface area contributed by atoms with Gasteiger partial charge in [-0.2, -0.15) is 0 Å². The Balaban J connectivity index is 2.00. The zero-order valence-electron chi connectivity index (χ0n) is 13.1. The standard InChI is InChI=1S/C16H28N4/c1-13(2)9-17-10-15-11-18-12-16(19-15)20-8-6-4-5-7-14(20)3/h11-14,17H,4-10H2,1-3H3. The molecule has 1 atom stereocenters. The van der Waals surface area contributed by atoms with Gasteiger partial charge in [0.15, 0.2) is 0 Å². The van der Waals surface area contributed by atoms with Crippen LogP contribution in [0.25, 0.3) is 0 Å². The number of anilines is 1. The van der Waals surface area contributed by atoms with E-state index in [1.165, 1.54) is 25.7 Å². The second-order valence-electron chi connectivity index (χ2n) is 6.29. The van der Waals surface area contributed by atoms with Gasteiger partial charge in [0.05, 0.1) is 11.9 Å². The molecular weight excluding hydrogens is 248 g/mol. The van der Waals surface area contributed by atoms with Crippen molar-refractivity contribution < 1.29 is 0 Å². The molecule has 0 bridgehead atoms.